The molecule has 3 nitrogen and oxygen atoms in total. The third-order valence-corrected chi connectivity index (χ3v) is 4.77. The monoisotopic (exact) mass is 326 g/mol. The van der Waals surface area contributed by atoms with E-state index >= 15 is 0 Å². The number of carbonyl (C=O) groups is 1. The van der Waals surface area contributed by atoms with E-state index in [-0.39, 0.29) is 16.7 Å². The molecule has 1 fully saturated rings. The average molecular weight is 327 g/mol. The molecule has 2 atom stereocenters. The van der Waals surface area contributed by atoms with Crippen LogP contribution in [0.3, 0.4) is 0 Å². The van der Waals surface area contributed by atoms with Gasteiger partial charge in [0, 0.05) is 32.1 Å². The first kappa shape index (κ1) is 17.2. The maximum Gasteiger partial charge on any atom is 0.222 e. The molecule has 0 spiro atoms. The highest BCUT2D eigenvalue weighted by atomic mass is 35.5. The van der Waals surface area contributed by atoms with Gasteiger partial charge < -0.3 is 10.2 Å². The molecule has 1 aliphatic heterocycles. The van der Waals surface area contributed by atoms with Crippen LogP contribution in [-0.4, -0.2) is 29.9 Å². The van der Waals surface area contributed by atoms with Gasteiger partial charge in [-0.25, -0.2) is 4.39 Å². The Morgan fingerprint density at radius 2 is 2.23 bits per heavy atom. The first-order valence-corrected chi connectivity index (χ1v) is 8.38. The molecule has 0 unspecified atom stereocenters. The minimum atomic E-state index is -0.378. The number of carbonyl (C=O) groups excluding carboxylic acids is 1. The number of likely N-dealkylation sites (tertiary alicyclic amines) is 1. The van der Waals surface area contributed by atoms with Gasteiger partial charge in [0.15, 0.2) is 0 Å². The number of hydrogen-bond acceptors (Lipinski definition) is 2. The Bertz CT molecular complexity index is 523. The molecule has 1 saturated heterocycles. The van der Waals surface area contributed by atoms with Crippen molar-refractivity contribution in [2.75, 3.05) is 13.1 Å². The van der Waals surface area contributed by atoms with Crippen LogP contribution < -0.4 is 5.32 Å². The fourth-order valence-electron chi connectivity index (χ4n) is 3.06. The fraction of sp³-hybridized carbons (Fsp3) is 0.588. The van der Waals surface area contributed by atoms with Gasteiger partial charge in [-0.2, -0.15) is 0 Å². The molecule has 0 aromatic heterocycles. The standard InChI is InChI=1S/C17H24ClFN2O/c1-3-13-11-21(17(22)4-2)8-7-16(13)20-10-12-5-6-14(18)15(19)9-12/h5-6,9,13,16,20H,3-4,7-8,10-11H2,1-2H3/t13-,16-/m1/s1. The summed E-state index contributed by atoms with van der Waals surface area (Å²) in [5.41, 5.74) is 0.892. The van der Waals surface area contributed by atoms with Gasteiger partial charge in [-0.05, 0) is 30.0 Å². The van der Waals surface area contributed by atoms with Gasteiger partial charge in [0.25, 0.3) is 0 Å². The maximum absolute atomic E-state index is 13.5. The van der Waals surface area contributed by atoms with Crippen LogP contribution in [0.2, 0.25) is 5.02 Å². The molecule has 1 heterocycles. The quantitative estimate of drug-likeness (QED) is 0.896. The fourth-order valence-corrected chi connectivity index (χ4v) is 3.18. The van der Waals surface area contributed by atoms with Gasteiger partial charge in [0.1, 0.15) is 5.82 Å². The third kappa shape index (κ3) is 4.20. The zero-order valence-corrected chi connectivity index (χ0v) is 14.0. The Hall–Kier alpha value is -1.13. The van der Waals surface area contributed by atoms with E-state index in [0.717, 1.165) is 31.5 Å². The highest BCUT2D eigenvalue weighted by Gasteiger charge is 2.29. The van der Waals surface area contributed by atoms with E-state index in [0.29, 0.717) is 24.9 Å². The number of halogens is 2. The van der Waals surface area contributed by atoms with Gasteiger partial charge in [0.05, 0.1) is 5.02 Å². The molecular weight excluding hydrogens is 303 g/mol. The van der Waals surface area contributed by atoms with E-state index in [1.165, 1.54) is 6.07 Å². The molecule has 1 N–H and O–H groups in total. The van der Waals surface area contributed by atoms with Crippen molar-refractivity contribution < 1.29 is 9.18 Å². The number of hydrogen-bond donors (Lipinski definition) is 1. The lowest BCUT2D eigenvalue weighted by Gasteiger charge is -2.38. The van der Waals surface area contributed by atoms with Crippen LogP contribution in [0.4, 0.5) is 4.39 Å². The third-order valence-electron chi connectivity index (χ3n) is 4.47. The van der Waals surface area contributed by atoms with Crippen molar-refractivity contribution in [3.63, 3.8) is 0 Å². The second kappa shape index (κ2) is 7.93. The van der Waals surface area contributed by atoms with Crippen LogP contribution in [-0.2, 0) is 11.3 Å². The van der Waals surface area contributed by atoms with Crippen molar-refractivity contribution in [2.45, 2.75) is 45.7 Å². The minimum Gasteiger partial charge on any atom is -0.342 e. The van der Waals surface area contributed by atoms with E-state index in [2.05, 4.69) is 12.2 Å². The topological polar surface area (TPSA) is 32.3 Å². The summed E-state index contributed by atoms with van der Waals surface area (Å²) in [5.74, 6) is 0.300. The van der Waals surface area contributed by atoms with Crippen molar-refractivity contribution in [1.82, 2.24) is 10.2 Å². The Balaban J connectivity index is 1.92. The highest BCUT2D eigenvalue weighted by Crippen LogP contribution is 2.22. The van der Waals surface area contributed by atoms with Gasteiger partial charge in [-0.15, -0.1) is 0 Å². The summed E-state index contributed by atoms with van der Waals surface area (Å²) in [4.78, 5) is 13.8. The van der Waals surface area contributed by atoms with E-state index in [9.17, 15) is 9.18 Å². The Labute approximate surface area is 136 Å². The zero-order chi connectivity index (χ0) is 16.1. The molecule has 0 saturated carbocycles. The van der Waals surface area contributed by atoms with E-state index in [1.54, 1.807) is 6.07 Å². The minimum absolute atomic E-state index is 0.154. The summed E-state index contributed by atoms with van der Waals surface area (Å²) < 4.78 is 13.5. The molecular formula is C17H24ClFN2O. The zero-order valence-electron chi connectivity index (χ0n) is 13.2. The molecule has 122 valence electrons. The van der Waals surface area contributed by atoms with E-state index in [1.807, 2.05) is 17.9 Å². The molecule has 1 aromatic carbocycles. The predicted octanol–water partition coefficient (Wildman–Crippen LogP) is 3.61. The molecule has 22 heavy (non-hydrogen) atoms. The van der Waals surface area contributed by atoms with Crippen LogP contribution in [0.25, 0.3) is 0 Å². The number of nitrogens with one attached hydrogen (secondary N) is 1. The largest absolute Gasteiger partial charge is 0.342 e. The number of piperidine rings is 1. The van der Waals surface area contributed by atoms with Crippen molar-refractivity contribution in [3.8, 4) is 0 Å². The van der Waals surface area contributed by atoms with Gasteiger partial charge in [0.2, 0.25) is 5.91 Å². The lowest BCUT2D eigenvalue weighted by atomic mass is 9.89. The molecule has 0 radical (unpaired) electrons. The summed E-state index contributed by atoms with van der Waals surface area (Å²) in [6, 6.07) is 5.28. The Kier molecular flexibility index (Phi) is 6.21. The summed E-state index contributed by atoms with van der Waals surface area (Å²) in [7, 11) is 0. The SMILES string of the molecule is CCC(=O)N1CC[C@@H](NCc2ccc(Cl)c(F)c2)[C@H](CC)C1. The summed E-state index contributed by atoms with van der Waals surface area (Å²) in [6.45, 7) is 6.30. The van der Waals surface area contributed by atoms with Crippen LogP contribution in [0.15, 0.2) is 18.2 Å². The molecule has 1 amide bonds. The van der Waals surface area contributed by atoms with Crippen LogP contribution in [0, 0.1) is 11.7 Å². The second-order valence-electron chi connectivity index (χ2n) is 5.89. The lowest BCUT2D eigenvalue weighted by Crippen LogP contribution is -2.50. The van der Waals surface area contributed by atoms with Crippen LogP contribution in [0.5, 0.6) is 0 Å². The second-order valence-corrected chi connectivity index (χ2v) is 6.29. The normalized spacial score (nSPS) is 21.9. The summed E-state index contributed by atoms with van der Waals surface area (Å²) in [6.07, 6.45) is 2.54. The van der Waals surface area contributed by atoms with Crippen molar-refractivity contribution in [1.29, 1.82) is 0 Å². The van der Waals surface area contributed by atoms with E-state index in [4.69, 9.17) is 11.6 Å². The molecule has 1 aliphatic rings. The molecule has 0 bridgehead atoms. The number of amides is 1. The smallest absolute Gasteiger partial charge is 0.222 e. The molecule has 2 rings (SSSR count). The van der Waals surface area contributed by atoms with Gasteiger partial charge in [-0.1, -0.05) is 37.9 Å². The van der Waals surface area contributed by atoms with Crippen LogP contribution >= 0.6 is 11.6 Å². The van der Waals surface area contributed by atoms with Crippen molar-refractivity contribution in [2.24, 2.45) is 5.92 Å². The first-order chi connectivity index (χ1) is 10.5. The van der Waals surface area contributed by atoms with Crippen molar-refractivity contribution >= 4 is 17.5 Å². The Morgan fingerprint density at radius 3 is 2.86 bits per heavy atom. The van der Waals surface area contributed by atoms with Crippen LogP contribution in [0.1, 0.15) is 38.7 Å². The number of nitrogens with zero attached hydrogens (tertiary/aromatic N) is 1. The average Bonchev–Trinajstić information content (AvgIpc) is 2.55. The summed E-state index contributed by atoms with van der Waals surface area (Å²) >= 11 is 5.70. The number of rotatable bonds is 5. The lowest BCUT2D eigenvalue weighted by molar-refractivity contribution is -0.133. The van der Waals surface area contributed by atoms with Gasteiger partial charge in [-0.3, -0.25) is 4.79 Å². The Morgan fingerprint density at radius 1 is 1.45 bits per heavy atom. The predicted molar refractivity (Wildman–Crippen MR) is 87.3 cm³/mol. The van der Waals surface area contributed by atoms with Gasteiger partial charge >= 0.3 is 0 Å². The number of benzene rings is 1. The molecule has 5 heteroatoms. The highest BCUT2D eigenvalue weighted by molar-refractivity contribution is 6.30. The molecule has 1 aromatic rings. The van der Waals surface area contributed by atoms with Crippen molar-refractivity contribution in [3.05, 3.63) is 34.6 Å². The molecule has 0 aliphatic carbocycles. The maximum atomic E-state index is 13.5. The summed E-state index contributed by atoms with van der Waals surface area (Å²) in [5, 5.41) is 3.67. The first-order valence-electron chi connectivity index (χ1n) is 8.00. The van der Waals surface area contributed by atoms with E-state index < -0.39 is 0 Å².